The molecule has 0 saturated carbocycles. The molecule has 2 aromatic carbocycles. The van der Waals surface area contributed by atoms with Crippen molar-refractivity contribution in [2.45, 2.75) is 20.8 Å². The van der Waals surface area contributed by atoms with E-state index in [0.29, 0.717) is 0 Å². The molecule has 0 atom stereocenters. The Balaban J connectivity index is 0.000000847. The predicted octanol–water partition coefficient (Wildman–Crippen LogP) is 5.45. The standard InChI is InChI=1S/C17H16O3.C2H6/c1-11-13(18-2)8-9-15(19-3)17(11)16-10-12-6-4-5-7-14(12)20-16;1-2/h4-10H,1-3H3;1-2H3. The Morgan fingerprint density at radius 2 is 1.50 bits per heavy atom. The summed E-state index contributed by atoms with van der Waals surface area (Å²) in [6.07, 6.45) is 0. The lowest BCUT2D eigenvalue weighted by molar-refractivity contribution is 0.401. The first-order valence-corrected chi connectivity index (χ1v) is 7.45. The van der Waals surface area contributed by atoms with Crippen molar-refractivity contribution in [1.82, 2.24) is 0 Å². The summed E-state index contributed by atoms with van der Waals surface area (Å²) in [4.78, 5) is 0. The topological polar surface area (TPSA) is 31.6 Å². The summed E-state index contributed by atoms with van der Waals surface area (Å²) < 4.78 is 16.8. The van der Waals surface area contributed by atoms with Gasteiger partial charge in [0.15, 0.2) is 0 Å². The zero-order valence-corrected chi connectivity index (χ0v) is 13.8. The molecule has 0 saturated heterocycles. The summed E-state index contributed by atoms with van der Waals surface area (Å²) in [6.45, 7) is 6.00. The molecule has 0 bridgehead atoms. The molecule has 3 heteroatoms. The lowest BCUT2D eigenvalue weighted by atomic mass is 10.0. The first kappa shape index (κ1) is 16.0. The fourth-order valence-electron chi connectivity index (χ4n) is 2.47. The number of ether oxygens (including phenoxy) is 2. The molecule has 0 spiro atoms. The number of fused-ring (bicyclic) bond motifs is 1. The molecule has 0 amide bonds. The molecular formula is C19H22O3. The molecule has 0 radical (unpaired) electrons. The smallest absolute Gasteiger partial charge is 0.139 e. The minimum atomic E-state index is 0.780. The molecule has 1 heterocycles. The monoisotopic (exact) mass is 298 g/mol. The predicted molar refractivity (Wildman–Crippen MR) is 90.8 cm³/mol. The average molecular weight is 298 g/mol. The van der Waals surface area contributed by atoms with Crippen LogP contribution in [0.25, 0.3) is 22.3 Å². The van der Waals surface area contributed by atoms with Gasteiger partial charge in [0, 0.05) is 10.9 Å². The Labute approximate surface area is 131 Å². The SMILES string of the molecule is CC.COc1ccc(OC)c(-c2cc3ccccc3o2)c1C. The quantitative estimate of drug-likeness (QED) is 0.644. The summed E-state index contributed by atoms with van der Waals surface area (Å²) in [5.41, 5.74) is 2.81. The summed E-state index contributed by atoms with van der Waals surface area (Å²) >= 11 is 0. The van der Waals surface area contributed by atoms with Crippen molar-refractivity contribution in [3.05, 3.63) is 48.0 Å². The van der Waals surface area contributed by atoms with E-state index >= 15 is 0 Å². The van der Waals surface area contributed by atoms with Gasteiger partial charge in [-0.25, -0.2) is 0 Å². The van der Waals surface area contributed by atoms with Gasteiger partial charge in [-0.2, -0.15) is 0 Å². The third kappa shape index (κ3) is 2.80. The maximum atomic E-state index is 5.94. The largest absolute Gasteiger partial charge is 0.496 e. The Bertz CT molecular complexity index is 723. The number of benzene rings is 2. The maximum absolute atomic E-state index is 5.94. The lowest BCUT2D eigenvalue weighted by Crippen LogP contribution is -1.94. The molecule has 0 aliphatic carbocycles. The third-order valence-electron chi connectivity index (χ3n) is 3.49. The molecule has 22 heavy (non-hydrogen) atoms. The van der Waals surface area contributed by atoms with E-state index in [1.807, 2.05) is 63.2 Å². The zero-order chi connectivity index (χ0) is 16.1. The molecule has 3 nitrogen and oxygen atoms in total. The molecule has 3 rings (SSSR count). The lowest BCUT2D eigenvalue weighted by Gasteiger charge is -2.12. The van der Waals surface area contributed by atoms with Crippen LogP contribution in [-0.2, 0) is 0 Å². The van der Waals surface area contributed by atoms with Crippen LogP contribution in [0.3, 0.4) is 0 Å². The highest BCUT2D eigenvalue weighted by Crippen LogP contribution is 2.40. The van der Waals surface area contributed by atoms with Gasteiger partial charge in [0.1, 0.15) is 22.8 Å². The van der Waals surface area contributed by atoms with E-state index < -0.39 is 0 Å². The summed E-state index contributed by atoms with van der Waals surface area (Å²) in [6, 6.07) is 13.8. The van der Waals surface area contributed by atoms with Crippen LogP contribution in [0.15, 0.2) is 46.9 Å². The fourth-order valence-corrected chi connectivity index (χ4v) is 2.47. The number of furan rings is 1. The van der Waals surface area contributed by atoms with Crippen molar-refractivity contribution in [2.24, 2.45) is 0 Å². The van der Waals surface area contributed by atoms with Gasteiger partial charge < -0.3 is 13.9 Å². The zero-order valence-electron chi connectivity index (χ0n) is 13.8. The first-order chi connectivity index (χ1) is 10.7. The Morgan fingerprint density at radius 3 is 2.14 bits per heavy atom. The van der Waals surface area contributed by atoms with Crippen LogP contribution in [0.1, 0.15) is 19.4 Å². The van der Waals surface area contributed by atoms with Crippen LogP contribution in [0.5, 0.6) is 11.5 Å². The molecule has 3 aromatic rings. The van der Waals surface area contributed by atoms with E-state index in [-0.39, 0.29) is 0 Å². The second-order valence-electron chi connectivity index (χ2n) is 4.62. The highest BCUT2D eigenvalue weighted by Gasteiger charge is 2.17. The minimum Gasteiger partial charge on any atom is -0.496 e. The average Bonchev–Trinajstić information content (AvgIpc) is 2.99. The third-order valence-corrected chi connectivity index (χ3v) is 3.49. The molecule has 0 aliphatic heterocycles. The van der Waals surface area contributed by atoms with E-state index in [9.17, 15) is 0 Å². The Hall–Kier alpha value is -2.42. The summed E-state index contributed by atoms with van der Waals surface area (Å²) in [5, 5.41) is 1.08. The molecule has 116 valence electrons. The maximum Gasteiger partial charge on any atom is 0.139 e. The number of para-hydroxylation sites is 1. The van der Waals surface area contributed by atoms with Crippen molar-refractivity contribution in [1.29, 1.82) is 0 Å². The van der Waals surface area contributed by atoms with Crippen LogP contribution in [-0.4, -0.2) is 14.2 Å². The van der Waals surface area contributed by atoms with Gasteiger partial charge in [0.05, 0.1) is 19.8 Å². The van der Waals surface area contributed by atoms with E-state index in [1.54, 1.807) is 14.2 Å². The minimum absolute atomic E-state index is 0.780. The van der Waals surface area contributed by atoms with Gasteiger partial charge in [0.2, 0.25) is 0 Å². The number of hydrogen-bond acceptors (Lipinski definition) is 3. The van der Waals surface area contributed by atoms with Crippen molar-refractivity contribution in [3.8, 4) is 22.8 Å². The normalized spacial score (nSPS) is 10.0. The van der Waals surface area contributed by atoms with Gasteiger partial charge in [-0.3, -0.25) is 0 Å². The van der Waals surface area contributed by atoms with Crippen molar-refractivity contribution in [3.63, 3.8) is 0 Å². The van der Waals surface area contributed by atoms with Gasteiger partial charge >= 0.3 is 0 Å². The van der Waals surface area contributed by atoms with Crippen molar-refractivity contribution < 1.29 is 13.9 Å². The van der Waals surface area contributed by atoms with E-state index in [4.69, 9.17) is 13.9 Å². The molecule has 1 aromatic heterocycles. The molecule has 0 N–H and O–H groups in total. The molecule has 0 unspecified atom stereocenters. The second-order valence-corrected chi connectivity index (χ2v) is 4.62. The van der Waals surface area contributed by atoms with Crippen LogP contribution < -0.4 is 9.47 Å². The molecule has 0 fully saturated rings. The fraction of sp³-hybridized carbons (Fsp3) is 0.263. The highest BCUT2D eigenvalue weighted by molar-refractivity contribution is 5.85. The van der Waals surface area contributed by atoms with Crippen molar-refractivity contribution >= 4 is 11.0 Å². The van der Waals surface area contributed by atoms with Crippen molar-refractivity contribution in [2.75, 3.05) is 14.2 Å². The van der Waals surface area contributed by atoms with Gasteiger partial charge in [-0.15, -0.1) is 0 Å². The Morgan fingerprint density at radius 1 is 0.864 bits per heavy atom. The number of rotatable bonds is 3. The molecule has 0 aliphatic rings. The second kappa shape index (κ2) is 7.03. The molecular weight excluding hydrogens is 276 g/mol. The Kier molecular flexibility index (Phi) is 5.10. The van der Waals surface area contributed by atoms with E-state index in [0.717, 1.165) is 39.4 Å². The summed E-state index contributed by atoms with van der Waals surface area (Å²) in [7, 11) is 3.32. The van der Waals surface area contributed by atoms with E-state index in [2.05, 4.69) is 0 Å². The van der Waals surface area contributed by atoms with Gasteiger partial charge in [-0.1, -0.05) is 32.0 Å². The van der Waals surface area contributed by atoms with Crippen LogP contribution in [0.2, 0.25) is 0 Å². The van der Waals surface area contributed by atoms with Crippen LogP contribution >= 0.6 is 0 Å². The van der Waals surface area contributed by atoms with Gasteiger partial charge in [0.25, 0.3) is 0 Å². The number of hydrogen-bond donors (Lipinski definition) is 0. The van der Waals surface area contributed by atoms with Crippen LogP contribution in [0, 0.1) is 6.92 Å². The van der Waals surface area contributed by atoms with Gasteiger partial charge in [-0.05, 0) is 31.2 Å². The highest BCUT2D eigenvalue weighted by atomic mass is 16.5. The summed E-state index contributed by atoms with van der Waals surface area (Å²) in [5.74, 6) is 2.39. The van der Waals surface area contributed by atoms with E-state index in [1.165, 1.54) is 0 Å². The number of methoxy groups -OCH3 is 2. The first-order valence-electron chi connectivity index (χ1n) is 7.45. The van der Waals surface area contributed by atoms with Crippen LogP contribution in [0.4, 0.5) is 0 Å².